The van der Waals surface area contributed by atoms with Crippen LogP contribution in [0.1, 0.15) is 25.3 Å². The molecule has 74 valence electrons. The molecule has 0 atom stereocenters. The van der Waals surface area contributed by atoms with Crippen molar-refractivity contribution in [1.29, 1.82) is 0 Å². The summed E-state index contributed by atoms with van der Waals surface area (Å²) in [5.41, 5.74) is 2.82. The quantitative estimate of drug-likeness (QED) is 0.711. The zero-order chi connectivity index (χ0) is 9.97. The lowest BCUT2D eigenvalue weighted by Gasteiger charge is -2.05. The Hall–Kier alpha value is -0.210. The first kappa shape index (κ1) is 10.3. The van der Waals surface area contributed by atoms with Crippen molar-refractivity contribution in [2.45, 2.75) is 19.8 Å². The van der Waals surface area contributed by atoms with Crippen molar-refractivity contribution < 1.29 is 0 Å². The first-order chi connectivity index (χ1) is 6.77. The summed E-state index contributed by atoms with van der Waals surface area (Å²) in [4.78, 5) is 1.58. The molecule has 0 bridgehead atoms. The van der Waals surface area contributed by atoms with E-state index in [1.165, 1.54) is 29.7 Å². The molecule has 1 heterocycles. The minimum absolute atomic E-state index is 1.15. The molecule has 1 saturated heterocycles. The van der Waals surface area contributed by atoms with Crippen molar-refractivity contribution in [2.24, 2.45) is 0 Å². The standard InChI is InChI=1S/C12H13BrS/c1-9(12-3-2-8-14-12)10-4-6-11(13)7-5-10/h4-7H,2-3,8H2,1H3. The molecule has 0 N–H and O–H groups in total. The highest BCUT2D eigenvalue weighted by Gasteiger charge is 2.11. The lowest BCUT2D eigenvalue weighted by atomic mass is 10.1. The number of halogens is 1. The summed E-state index contributed by atoms with van der Waals surface area (Å²) in [5, 5.41) is 0. The number of benzene rings is 1. The average molecular weight is 269 g/mol. The van der Waals surface area contributed by atoms with Crippen LogP contribution in [0, 0.1) is 0 Å². The van der Waals surface area contributed by atoms with Gasteiger partial charge in [0.25, 0.3) is 0 Å². The zero-order valence-electron chi connectivity index (χ0n) is 8.22. The SMILES string of the molecule is CC(=C1CCCS1)c1ccc(Br)cc1. The van der Waals surface area contributed by atoms with Crippen molar-refractivity contribution >= 4 is 33.3 Å². The van der Waals surface area contributed by atoms with E-state index in [1.807, 2.05) is 11.8 Å². The second kappa shape index (κ2) is 4.54. The highest BCUT2D eigenvalue weighted by molar-refractivity contribution is 9.10. The predicted molar refractivity (Wildman–Crippen MR) is 68.4 cm³/mol. The van der Waals surface area contributed by atoms with E-state index in [0.717, 1.165) is 4.47 Å². The molecule has 0 saturated carbocycles. The van der Waals surface area contributed by atoms with Gasteiger partial charge in [-0.1, -0.05) is 28.1 Å². The Morgan fingerprint density at radius 1 is 1.29 bits per heavy atom. The van der Waals surface area contributed by atoms with Gasteiger partial charge in [-0.3, -0.25) is 0 Å². The fraction of sp³-hybridized carbons (Fsp3) is 0.333. The molecule has 0 aliphatic carbocycles. The largest absolute Gasteiger partial charge is 0.130 e. The summed E-state index contributed by atoms with van der Waals surface area (Å²) >= 11 is 5.47. The Labute approximate surface area is 97.9 Å². The molecule has 2 rings (SSSR count). The van der Waals surface area contributed by atoms with E-state index in [1.54, 1.807) is 4.91 Å². The molecule has 1 aromatic rings. The first-order valence-electron chi connectivity index (χ1n) is 4.86. The summed E-state index contributed by atoms with van der Waals surface area (Å²) in [7, 11) is 0. The van der Waals surface area contributed by atoms with Gasteiger partial charge in [0.15, 0.2) is 0 Å². The summed E-state index contributed by atoms with van der Waals surface area (Å²) in [5.74, 6) is 1.29. The molecule has 1 fully saturated rings. The summed E-state index contributed by atoms with van der Waals surface area (Å²) < 4.78 is 1.15. The van der Waals surface area contributed by atoms with Gasteiger partial charge in [0.05, 0.1) is 0 Å². The second-order valence-electron chi connectivity index (χ2n) is 3.51. The third-order valence-corrected chi connectivity index (χ3v) is 4.40. The summed E-state index contributed by atoms with van der Waals surface area (Å²) in [6.07, 6.45) is 2.61. The highest BCUT2D eigenvalue weighted by atomic mass is 79.9. The minimum atomic E-state index is 1.15. The Morgan fingerprint density at radius 3 is 2.57 bits per heavy atom. The number of hydrogen-bond donors (Lipinski definition) is 0. The fourth-order valence-corrected chi connectivity index (χ4v) is 3.08. The molecular formula is C12H13BrS. The first-order valence-corrected chi connectivity index (χ1v) is 6.64. The number of allylic oxidation sites excluding steroid dienone is 2. The lowest BCUT2D eigenvalue weighted by molar-refractivity contribution is 0.995. The smallest absolute Gasteiger partial charge is 0.0175 e. The third kappa shape index (κ3) is 2.23. The predicted octanol–water partition coefficient (Wildman–Crippen LogP) is 4.71. The van der Waals surface area contributed by atoms with Crippen molar-refractivity contribution in [1.82, 2.24) is 0 Å². The van der Waals surface area contributed by atoms with E-state index in [-0.39, 0.29) is 0 Å². The molecule has 0 radical (unpaired) electrons. The Balaban J connectivity index is 2.30. The minimum Gasteiger partial charge on any atom is -0.130 e. The monoisotopic (exact) mass is 268 g/mol. The van der Waals surface area contributed by atoms with E-state index in [9.17, 15) is 0 Å². The van der Waals surface area contributed by atoms with Crippen LogP contribution in [0.3, 0.4) is 0 Å². The van der Waals surface area contributed by atoms with Crippen molar-refractivity contribution in [3.05, 3.63) is 39.2 Å². The number of thioether (sulfide) groups is 1. The number of rotatable bonds is 1. The molecular weight excluding hydrogens is 256 g/mol. The maximum Gasteiger partial charge on any atom is 0.0175 e. The average Bonchev–Trinajstić information content (AvgIpc) is 2.71. The van der Waals surface area contributed by atoms with Crippen LogP contribution < -0.4 is 0 Å². The topological polar surface area (TPSA) is 0 Å². The molecule has 0 amide bonds. The molecule has 0 spiro atoms. The molecule has 1 aromatic carbocycles. The van der Waals surface area contributed by atoms with Gasteiger partial charge in [0.1, 0.15) is 0 Å². The van der Waals surface area contributed by atoms with Crippen LogP contribution in [-0.4, -0.2) is 5.75 Å². The molecule has 1 aliphatic heterocycles. The molecule has 0 aromatic heterocycles. The molecule has 0 nitrogen and oxygen atoms in total. The van der Waals surface area contributed by atoms with Gasteiger partial charge in [-0.15, -0.1) is 11.8 Å². The van der Waals surface area contributed by atoms with Crippen LogP contribution in [-0.2, 0) is 0 Å². The zero-order valence-corrected chi connectivity index (χ0v) is 10.6. The Kier molecular flexibility index (Phi) is 3.34. The van der Waals surface area contributed by atoms with Crippen molar-refractivity contribution in [3.8, 4) is 0 Å². The van der Waals surface area contributed by atoms with E-state index in [2.05, 4.69) is 47.1 Å². The summed E-state index contributed by atoms with van der Waals surface area (Å²) in [6.45, 7) is 2.23. The Morgan fingerprint density at radius 2 is 2.00 bits per heavy atom. The van der Waals surface area contributed by atoms with Crippen LogP contribution in [0.15, 0.2) is 33.6 Å². The lowest BCUT2D eigenvalue weighted by Crippen LogP contribution is -1.82. The van der Waals surface area contributed by atoms with Crippen LogP contribution in [0.5, 0.6) is 0 Å². The van der Waals surface area contributed by atoms with Crippen molar-refractivity contribution in [3.63, 3.8) is 0 Å². The Bertz CT molecular complexity index is 343. The molecule has 1 aliphatic rings. The molecule has 0 unspecified atom stereocenters. The molecule has 2 heteroatoms. The second-order valence-corrected chi connectivity index (χ2v) is 5.61. The molecule has 14 heavy (non-hydrogen) atoms. The highest BCUT2D eigenvalue weighted by Crippen LogP contribution is 2.36. The third-order valence-electron chi connectivity index (χ3n) is 2.52. The van der Waals surface area contributed by atoms with E-state index in [4.69, 9.17) is 0 Å². The van der Waals surface area contributed by atoms with Gasteiger partial charge >= 0.3 is 0 Å². The van der Waals surface area contributed by atoms with Crippen molar-refractivity contribution in [2.75, 3.05) is 5.75 Å². The van der Waals surface area contributed by atoms with Crippen LogP contribution in [0.2, 0.25) is 0 Å². The van der Waals surface area contributed by atoms with E-state index < -0.39 is 0 Å². The van der Waals surface area contributed by atoms with Gasteiger partial charge in [0, 0.05) is 4.47 Å². The summed E-state index contributed by atoms with van der Waals surface area (Å²) in [6, 6.07) is 8.59. The van der Waals surface area contributed by atoms with Crippen LogP contribution in [0.4, 0.5) is 0 Å². The fourth-order valence-electron chi connectivity index (χ4n) is 1.66. The maximum atomic E-state index is 3.46. The van der Waals surface area contributed by atoms with Crippen LogP contribution in [0.25, 0.3) is 5.57 Å². The van der Waals surface area contributed by atoms with Gasteiger partial charge < -0.3 is 0 Å². The van der Waals surface area contributed by atoms with E-state index >= 15 is 0 Å². The van der Waals surface area contributed by atoms with Gasteiger partial charge in [-0.2, -0.15) is 0 Å². The normalized spacial score (nSPS) is 19.9. The van der Waals surface area contributed by atoms with E-state index in [0.29, 0.717) is 0 Å². The van der Waals surface area contributed by atoms with Gasteiger partial charge in [-0.25, -0.2) is 0 Å². The maximum absolute atomic E-state index is 3.46. The van der Waals surface area contributed by atoms with Gasteiger partial charge in [-0.05, 0) is 53.7 Å². The number of hydrogen-bond acceptors (Lipinski definition) is 1. The van der Waals surface area contributed by atoms with Gasteiger partial charge in [0.2, 0.25) is 0 Å². The van der Waals surface area contributed by atoms with Crippen LogP contribution >= 0.6 is 27.7 Å².